The zero-order valence-electron chi connectivity index (χ0n) is 9.66. The van der Waals surface area contributed by atoms with Crippen LogP contribution in [0.3, 0.4) is 0 Å². The molecule has 0 aliphatic heterocycles. The number of nitrogens with zero attached hydrogens (tertiary/aromatic N) is 2. The first-order valence-corrected chi connectivity index (χ1v) is 6.20. The van der Waals surface area contributed by atoms with Crippen LogP contribution >= 0.6 is 11.8 Å². The Morgan fingerprint density at radius 3 is 2.89 bits per heavy atom. The van der Waals surface area contributed by atoms with Gasteiger partial charge in [-0.25, -0.2) is 0 Å². The maximum atomic E-state index is 11.5. The molecule has 2 rings (SSSR count). The van der Waals surface area contributed by atoms with E-state index in [-0.39, 0.29) is 29.2 Å². The van der Waals surface area contributed by atoms with Crippen LogP contribution in [0.1, 0.15) is 16.4 Å². The number of hydrogen-bond donors (Lipinski definition) is 2. The molecule has 0 saturated carbocycles. The van der Waals surface area contributed by atoms with E-state index in [4.69, 9.17) is 14.6 Å². The van der Waals surface area contributed by atoms with E-state index in [9.17, 15) is 9.59 Å². The average Bonchev–Trinajstić information content (AvgIpc) is 3.07. The van der Waals surface area contributed by atoms with Gasteiger partial charge in [-0.15, -0.1) is 10.2 Å². The van der Waals surface area contributed by atoms with Crippen LogP contribution in [0.4, 0.5) is 0 Å². The maximum absolute atomic E-state index is 11.5. The van der Waals surface area contributed by atoms with Crippen LogP contribution in [0.2, 0.25) is 0 Å². The van der Waals surface area contributed by atoms with E-state index in [0.29, 0.717) is 0 Å². The van der Waals surface area contributed by atoms with Gasteiger partial charge < -0.3 is 14.6 Å². The minimum absolute atomic E-state index is 0.0291. The molecule has 2 aromatic heterocycles. The van der Waals surface area contributed by atoms with Crippen molar-refractivity contribution >= 4 is 23.6 Å². The lowest BCUT2D eigenvalue weighted by Crippen LogP contribution is -2.31. The van der Waals surface area contributed by atoms with Gasteiger partial charge in [0.15, 0.2) is 5.76 Å². The molecule has 0 unspecified atom stereocenters. The van der Waals surface area contributed by atoms with Gasteiger partial charge in [-0.3, -0.25) is 14.9 Å². The SMILES string of the molecule is NCc1nnc(SCC(=O)NC(=O)c2ccco2)o1. The number of furan rings is 1. The van der Waals surface area contributed by atoms with E-state index in [1.165, 1.54) is 12.3 Å². The Morgan fingerprint density at radius 2 is 2.26 bits per heavy atom. The number of carbonyl (C=O) groups is 2. The van der Waals surface area contributed by atoms with Crippen molar-refractivity contribution in [2.24, 2.45) is 5.73 Å². The van der Waals surface area contributed by atoms with E-state index >= 15 is 0 Å². The summed E-state index contributed by atoms with van der Waals surface area (Å²) in [6.07, 6.45) is 1.35. The first-order chi connectivity index (χ1) is 9.19. The number of rotatable bonds is 5. The molecule has 0 fully saturated rings. The molecule has 0 spiro atoms. The van der Waals surface area contributed by atoms with Gasteiger partial charge in [0.05, 0.1) is 18.6 Å². The van der Waals surface area contributed by atoms with Crippen LogP contribution < -0.4 is 11.1 Å². The zero-order chi connectivity index (χ0) is 13.7. The lowest BCUT2D eigenvalue weighted by atomic mass is 10.4. The fourth-order valence-electron chi connectivity index (χ4n) is 1.14. The van der Waals surface area contributed by atoms with Crippen molar-refractivity contribution in [2.45, 2.75) is 11.8 Å². The predicted octanol–water partition coefficient (Wildman–Crippen LogP) is 0.170. The molecule has 0 aromatic carbocycles. The summed E-state index contributed by atoms with van der Waals surface area (Å²) in [6, 6.07) is 3.02. The topological polar surface area (TPSA) is 124 Å². The van der Waals surface area contributed by atoms with E-state index in [2.05, 4.69) is 15.5 Å². The fourth-order valence-corrected chi connectivity index (χ4v) is 1.72. The van der Waals surface area contributed by atoms with E-state index in [1.54, 1.807) is 6.07 Å². The Morgan fingerprint density at radius 1 is 1.42 bits per heavy atom. The molecule has 19 heavy (non-hydrogen) atoms. The molecule has 0 aliphatic carbocycles. The first kappa shape index (κ1) is 13.3. The van der Waals surface area contributed by atoms with Gasteiger partial charge >= 0.3 is 0 Å². The Bertz CT molecular complexity index is 566. The lowest BCUT2D eigenvalue weighted by molar-refractivity contribution is -0.117. The molecule has 0 bridgehead atoms. The second-order valence-electron chi connectivity index (χ2n) is 3.31. The Labute approximate surface area is 111 Å². The maximum Gasteiger partial charge on any atom is 0.293 e. The van der Waals surface area contributed by atoms with E-state index in [0.717, 1.165) is 11.8 Å². The molecule has 2 heterocycles. The third-order valence-corrected chi connectivity index (χ3v) is 2.77. The number of thioether (sulfide) groups is 1. The summed E-state index contributed by atoms with van der Waals surface area (Å²) in [5, 5.41) is 9.70. The van der Waals surface area contributed by atoms with E-state index < -0.39 is 11.8 Å². The fraction of sp³-hybridized carbons (Fsp3) is 0.200. The van der Waals surface area contributed by atoms with Gasteiger partial charge in [-0.05, 0) is 12.1 Å². The Hall–Kier alpha value is -2.13. The van der Waals surface area contributed by atoms with Gasteiger partial charge in [0.2, 0.25) is 11.8 Å². The summed E-state index contributed by atoms with van der Waals surface area (Å²) in [7, 11) is 0. The highest BCUT2D eigenvalue weighted by Gasteiger charge is 2.14. The minimum atomic E-state index is -0.594. The molecule has 9 heteroatoms. The summed E-state index contributed by atoms with van der Waals surface area (Å²) in [5.41, 5.74) is 5.30. The highest BCUT2D eigenvalue weighted by molar-refractivity contribution is 7.99. The van der Waals surface area contributed by atoms with Crippen molar-refractivity contribution in [2.75, 3.05) is 5.75 Å². The summed E-state index contributed by atoms with van der Waals surface area (Å²) >= 11 is 1.01. The summed E-state index contributed by atoms with van der Waals surface area (Å²) < 4.78 is 9.94. The number of imide groups is 1. The number of nitrogens with one attached hydrogen (secondary N) is 1. The second-order valence-corrected chi connectivity index (χ2v) is 4.24. The average molecular weight is 282 g/mol. The van der Waals surface area contributed by atoms with Crippen LogP contribution in [-0.2, 0) is 11.3 Å². The highest BCUT2D eigenvalue weighted by Crippen LogP contribution is 2.15. The van der Waals surface area contributed by atoms with Crippen molar-refractivity contribution in [1.29, 1.82) is 0 Å². The van der Waals surface area contributed by atoms with Gasteiger partial charge in [-0.1, -0.05) is 11.8 Å². The number of aromatic nitrogens is 2. The van der Waals surface area contributed by atoms with Crippen molar-refractivity contribution in [3.8, 4) is 0 Å². The molecule has 3 N–H and O–H groups in total. The van der Waals surface area contributed by atoms with Gasteiger partial charge in [0.25, 0.3) is 11.1 Å². The zero-order valence-corrected chi connectivity index (χ0v) is 10.5. The molecule has 100 valence electrons. The molecule has 0 radical (unpaired) electrons. The predicted molar refractivity (Wildman–Crippen MR) is 64.1 cm³/mol. The van der Waals surface area contributed by atoms with Crippen LogP contribution in [0, 0.1) is 0 Å². The third kappa shape index (κ3) is 3.66. The summed E-state index contributed by atoms with van der Waals surface area (Å²) in [4.78, 5) is 23.0. The molecule has 0 saturated heterocycles. The van der Waals surface area contributed by atoms with Crippen LogP contribution in [0.25, 0.3) is 0 Å². The van der Waals surface area contributed by atoms with Crippen LogP contribution in [0.15, 0.2) is 32.5 Å². The van der Waals surface area contributed by atoms with Crippen molar-refractivity contribution in [3.63, 3.8) is 0 Å². The standard InChI is InChI=1S/C10H10N4O4S/c11-4-8-13-14-10(18-8)19-5-7(15)12-9(16)6-2-1-3-17-6/h1-3H,4-5,11H2,(H,12,15,16). The molecule has 2 amide bonds. The smallest absolute Gasteiger partial charge is 0.293 e. The number of hydrogen-bond acceptors (Lipinski definition) is 8. The second kappa shape index (κ2) is 6.16. The van der Waals surface area contributed by atoms with Gasteiger partial charge in [0, 0.05) is 0 Å². The quantitative estimate of drug-likeness (QED) is 0.743. The molecule has 0 aliphatic rings. The highest BCUT2D eigenvalue weighted by atomic mass is 32.2. The molecule has 0 atom stereocenters. The molecular weight excluding hydrogens is 272 g/mol. The largest absolute Gasteiger partial charge is 0.459 e. The number of nitrogens with two attached hydrogens (primary N) is 1. The van der Waals surface area contributed by atoms with Crippen LogP contribution in [0.5, 0.6) is 0 Å². The molecular formula is C10H10N4O4S. The van der Waals surface area contributed by atoms with E-state index in [1.807, 2.05) is 0 Å². The monoisotopic (exact) mass is 282 g/mol. The van der Waals surface area contributed by atoms with Crippen LogP contribution in [-0.4, -0.2) is 27.8 Å². The molecule has 2 aromatic rings. The van der Waals surface area contributed by atoms with Gasteiger partial charge in [-0.2, -0.15) is 0 Å². The lowest BCUT2D eigenvalue weighted by Gasteiger charge is -1.99. The molecule has 8 nitrogen and oxygen atoms in total. The Kier molecular flexibility index (Phi) is 4.31. The third-order valence-electron chi connectivity index (χ3n) is 1.95. The number of amides is 2. The minimum Gasteiger partial charge on any atom is -0.459 e. The number of carbonyl (C=O) groups excluding carboxylic acids is 2. The summed E-state index contributed by atoms with van der Waals surface area (Å²) in [5.74, 6) is -0.752. The first-order valence-electron chi connectivity index (χ1n) is 5.22. The van der Waals surface area contributed by atoms with Crippen molar-refractivity contribution in [1.82, 2.24) is 15.5 Å². The van der Waals surface area contributed by atoms with Crippen molar-refractivity contribution in [3.05, 3.63) is 30.0 Å². The van der Waals surface area contributed by atoms with Gasteiger partial charge in [0.1, 0.15) is 0 Å². The summed E-state index contributed by atoms with van der Waals surface area (Å²) in [6.45, 7) is 0.136. The normalized spacial score (nSPS) is 10.4. The Balaban J connectivity index is 1.80. The van der Waals surface area contributed by atoms with Crippen molar-refractivity contribution < 1.29 is 18.4 Å².